The van der Waals surface area contributed by atoms with E-state index in [4.69, 9.17) is 19.3 Å². The molecule has 21 heavy (non-hydrogen) atoms. The lowest BCUT2D eigenvalue weighted by Gasteiger charge is -2.07. The van der Waals surface area contributed by atoms with Crippen LogP contribution in [-0.2, 0) is 25.0 Å². The molecule has 1 aliphatic heterocycles. The molecule has 1 aromatic carbocycles. The van der Waals surface area contributed by atoms with Crippen molar-refractivity contribution in [3.8, 4) is 11.5 Å². The third-order valence-electron chi connectivity index (χ3n) is 3.24. The molecule has 2 heterocycles. The average molecular weight is 290 g/mol. The monoisotopic (exact) mass is 290 g/mol. The molecule has 7 nitrogen and oxygen atoms in total. The maximum Gasteiger partial charge on any atom is 0.339 e. The summed E-state index contributed by atoms with van der Waals surface area (Å²) in [5, 5.41) is 13.0. The maximum absolute atomic E-state index is 11.1. The van der Waals surface area contributed by atoms with Crippen LogP contribution in [0.25, 0.3) is 0 Å². The molecule has 0 saturated carbocycles. The van der Waals surface area contributed by atoms with Crippen molar-refractivity contribution in [1.82, 2.24) is 9.78 Å². The normalized spacial score (nSPS) is 12.6. The lowest BCUT2D eigenvalue weighted by atomic mass is 10.2. The SMILES string of the molecule is Cn1ncc(C(=O)O)c1COCc1ccc2c(c1)OCO2. The third kappa shape index (κ3) is 2.68. The zero-order chi connectivity index (χ0) is 14.8. The lowest BCUT2D eigenvalue weighted by Crippen LogP contribution is -2.07. The molecule has 0 radical (unpaired) electrons. The number of ether oxygens (including phenoxy) is 3. The highest BCUT2D eigenvalue weighted by atomic mass is 16.7. The van der Waals surface area contributed by atoms with Gasteiger partial charge in [-0.1, -0.05) is 6.07 Å². The average Bonchev–Trinajstić information content (AvgIpc) is 3.05. The first-order valence-corrected chi connectivity index (χ1v) is 6.35. The van der Waals surface area contributed by atoms with Gasteiger partial charge in [0.05, 0.1) is 25.1 Å². The summed E-state index contributed by atoms with van der Waals surface area (Å²) in [7, 11) is 1.69. The Hall–Kier alpha value is -2.54. The molecule has 0 saturated heterocycles. The summed E-state index contributed by atoms with van der Waals surface area (Å²) in [5.41, 5.74) is 1.62. The number of hydrogen-bond acceptors (Lipinski definition) is 5. The first-order chi connectivity index (χ1) is 10.1. The van der Waals surface area contributed by atoms with Gasteiger partial charge in [0.25, 0.3) is 0 Å². The molecule has 0 amide bonds. The van der Waals surface area contributed by atoms with Crippen LogP contribution in [0.5, 0.6) is 11.5 Å². The number of aromatic nitrogens is 2. The molecule has 0 unspecified atom stereocenters. The predicted molar refractivity (Wildman–Crippen MR) is 71.2 cm³/mol. The van der Waals surface area contributed by atoms with Gasteiger partial charge < -0.3 is 19.3 Å². The summed E-state index contributed by atoms with van der Waals surface area (Å²) in [4.78, 5) is 11.1. The Kier molecular flexibility index (Phi) is 3.49. The Labute approximate surface area is 120 Å². The van der Waals surface area contributed by atoms with Crippen LogP contribution in [0.3, 0.4) is 0 Å². The van der Waals surface area contributed by atoms with E-state index < -0.39 is 5.97 Å². The van der Waals surface area contributed by atoms with Gasteiger partial charge in [-0.15, -0.1) is 0 Å². The molecule has 0 aliphatic carbocycles. The van der Waals surface area contributed by atoms with Gasteiger partial charge in [0.1, 0.15) is 5.56 Å². The Morgan fingerprint density at radius 1 is 1.38 bits per heavy atom. The Balaban J connectivity index is 1.64. The summed E-state index contributed by atoms with van der Waals surface area (Å²) in [5.74, 6) is 0.409. The van der Waals surface area contributed by atoms with Gasteiger partial charge in [-0.3, -0.25) is 4.68 Å². The van der Waals surface area contributed by atoms with Gasteiger partial charge in [0.2, 0.25) is 6.79 Å². The number of carboxylic acids is 1. The smallest absolute Gasteiger partial charge is 0.339 e. The minimum absolute atomic E-state index is 0.156. The van der Waals surface area contributed by atoms with Crippen molar-refractivity contribution in [2.75, 3.05) is 6.79 Å². The summed E-state index contributed by atoms with van der Waals surface area (Å²) in [6.07, 6.45) is 1.32. The molecule has 3 rings (SSSR count). The summed E-state index contributed by atoms with van der Waals surface area (Å²) in [6.45, 7) is 0.754. The molecule has 110 valence electrons. The fourth-order valence-corrected chi connectivity index (χ4v) is 2.11. The molecule has 1 aliphatic rings. The van der Waals surface area contributed by atoms with E-state index in [2.05, 4.69) is 5.10 Å². The minimum Gasteiger partial charge on any atom is -0.478 e. The molecule has 0 atom stereocenters. The summed E-state index contributed by atoms with van der Waals surface area (Å²) < 4.78 is 17.6. The molecule has 0 fully saturated rings. The van der Waals surface area contributed by atoms with Crippen molar-refractivity contribution in [2.24, 2.45) is 7.05 Å². The summed E-state index contributed by atoms with van der Waals surface area (Å²) in [6, 6.07) is 5.56. The zero-order valence-electron chi connectivity index (χ0n) is 11.4. The number of nitrogens with zero attached hydrogens (tertiary/aromatic N) is 2. The van der Waals surface area contributed by atoms with Crippen LogP contribution in [0.1, 0.15) is 21.6 Å². The maximum atomic E-state index is 11.1. The highest BCUT2D eigenvalue weighted by molar-refractivity contribution is 5.88. The standard InChI is InChI=1S/C14H14N2O5/c1-16-11(10(5-15-16)14(17)18)7-19-6-9-2-3-12-13(4-9)21-8-20-12/h2-5H,6-8H2,1H3,(H,17,18). The number of carbonyl (C=O) groups is 1. The molecule has 0 spiro atoms. The number of aromatic carboxylic acids is 1. The van der Waals surface area contributed by atoms with Gasteiger partial charge in [-0.05, 0) is 17.7 Å². The fraction of sp³-hybridized carbons (Fsp3) is 0.286. The molecule has 1 aromatic heterocycles. The summed E-state index contributed by atoms with van der Waals surface area (Å²) >= 11 is 0. The van der Waals surface area contributed by atoms with Crippen molar-refractivity contribution in [1.29, 1.82) is 0 Å². The van der Waals surface area contributed by atoms with Gasteiger partial charge >= 0.3 is 5.97 Å². The molecular weight excluding hydrogens is 276 g/mol. The van der Waals surface area contributed by atoms with Crippen LogP contribution >= 0.6 is 0 Å². The highest BCUT2D eigenvalue weighted by Crippen LogP contribution is 2.32. The number of carboxylic acid groups (broad SMARTS) is 1. The van der Waals surface area contributed by atoms with Crippen LogP contribution in [0.4, 0.5) is 0 Å². The van der Waals surface area contributed by atoms with Gasteiger partial charge in [0, 0.05) is 7.05 Å². The first kappa shape index (κ1) is 13.4. The van der Waals surface area contributed by atoms with Crippen molar-refractivity contribution >= 4 is 5.97 Å². The minimum atomic E-state index is -1.01. The second-order valence-corrected chi connectivity index (χ2v) is 4.61. The predicted octanol–water partition coefficient (Wildman–Crippen LogP) is 1.56. The van der Waals surface area contributed by atoms with Crippen LogP contribution in [0.15, 0.2) is 24.4 Å². The van der Waals surface area contributed by atoms with Crippen molar-refractivity contribution < 1.29 is 24.1 Å². The van der Waals surface area contributed by atoms with E-state index in [1.165, 1.54) is 10.9 Å². The fourth-order valence-electron chi connectivity index (χ4n) is 2.11. The van der Waals surface area contributed by atoms with E-state index in [1.807, 2.05) is 18.2 Å². The van der Waals surface area contributed by atoms with E-state index in [1.54, 1.807) is 7.05 Å². The molecule has 1 N–H and O–H groups in total. The third-order valence-corrected chi connectivity index (χ3v) is 3.24. The zero-order valence-corrected chi connectivity index (χ0v) is 11.4. The highest BCUT2D eigenvalue weighted by Gasteiger charge is 2.16. The van der Waals surface area contributed by atoms with Crippen LogP contribution in [0.2, 0.25) is 0 Å². The second kappa shape index (κ2) is 5.45. The van der Waals surface area contributed by atoms with E-state index in [0.717, 1.165) is 11.3 Å². The molecule has 2 aromatic rings. The number of hydrogen-bond donors (Lipinski definition) is 1. The van der Waals surface area contributed by atoms with Crippen LogP contribution < -0.4 is 9.47 Å². The number of aryl methyl sites for hydroxylation is 1. The Morgan fingerprint density at radius 2 is 2.19 bits per heavy atom. The van der Waals surface area contributed by atoms with Crippen molar-refractivity contribution in [2.45, 2.75) is 13.2 Å². The number of rotatable bonds is 5. The topological polar surface area (TPSA) is 82.8 Å². The quantitative estimate of drug-likeness (QED) is 0.900. The van der Waals surface area contributed by atoms with Crippen molar-refractivity contribution in [3.63, 3.8) is 0 Å². The van der Waals surface area contributed by atoms with Gasteiger partial charge in [-0.25, -0.2) is 4.79 Å². The Morgan fingerprint density at radius 3 is 3.00 bits per heavy atom. The van der Waals surface area contributed by atoms with E-state index in [-0.39, 0.29) is 19.0 Å². The molecule has 7 heteroatoms. The number of benzene rings is 1. The Bertz CT molecular complexity index is 680. The second-order valence-electron chi connectivity index (χ2n) is 4.61. The lowest BCUT2D eigenvalue weighted by molar-refractivity contribution is 0.0681. The van der Waals surface area contributed by atoms with E-state index in [9.17, 15) is 4.79 Å². The van der Waals surface area contributed by atoms with Gasteiger partial charge in [0.15, 0.2) is 11.5 Å². The van der Waals surface area contributed by atoms with Crippen LogP contribution in [-0.4, -0.2) is 27.6 Å². The van der Waals surface area contributed by atoms with Crippen molar-refractivity contribution in [3.05, 3.63) is 41.2 Å². The first-order valence-electron chi connectivity index (χ1n) is 6.35. The number of fused-ring (bicyclic) bond motifs is 1. The molecule has 0 bridgehead atoms. The van der Waals surface area contributed by atoms with E-state index in [0.29, 0.717) is 18.1 Å². The molecular formula is C14H14N2O5. The van der Waals surface area contributed by atoms with Crippen LogP contribution in [0, 0.1) is 0 Å². The van der Waals surface area contributed by atoms with E-state index >= 15 is 0 Å². The largest absolute Gasteiger partial charge is 0.478 e. The van der Waals surface area contributed by atoms with Gasteiger partial charge in [-0.2, -0.15) is 5.10 Å².